The van der Waals surface area contributed by atoms with Crippen molar-refractivity contribution < 1.29 is 0 Å². The van der Waals surface area contributed by atoms with E-state index in [4.69, 9.17) is 11.1 Å². The first-order chi connectivity index (χ1) is 4.27. The molecule has 0 aromatic carbocycles. The van der Waals surface area contributed by atoms with Crippen LogP contribution < -0.4 is 5.73 Å². The molecule has 9 heavy (non-hydrogen) atoms. The van der Waals surface area contributed by atoms with E-state index in [2.05, 4.69) is 19.1 Å². The molecular formula is C7H14N2. The van der Waals surface area contributed by atoms with Gasteiger partial charge >= 0.3 is 0 Å². The largest absolute Gasteiger partial charge is 0.388 e. The Bertz CT molecular complexity index is 105. The van der Waals surface area contributed by atoms with E-state index in [9.17, 15) is 0 Å². The fraction of sp³-hybridized carbons (Fsp3) is 0.571. The molecule has 0 bridgehead atoms. The van der Waals surface area contributed by atoms with Gasteiger partial charge < -0.3 is 5.73 Å². The summed E-state index contributed by atoms with van der Waals surface area (Å²) in [5.74, 6) is 0.274. The Kier molecular flexibility index (Phi) is 4.88. The Morgan fingerprint density at radius 2 is 2.22 bits per heavy atom. The number of nitrogens with one attached hydrogen (secondary N) is 1. The Labute approximate surface area is 56.3 Å². The number of nitrogens with two attached hydrogens (primary N) is 1. The SMILES string of the molecule is CCC=CCCC(=N)N. The van der Waals surface area contributed by atoms with Crippen LogP contribution in [0.3, 0.4) is 0 Å². The molecule has 2 nitrogen and oxygen atoms in total. The average molecular weight is 126 g/mol. The molecule has 0 saturated carbocycles. The molecule has 0 aromatic heterocycles. The minimum atomic E-state index is 0.274. The van der Waals surface area contributed by atoms with Crippen LogP contribution in [-0.4, -0.2) is 5.84 Å². The summed E-state index contributed by atoms with van der Waals surface area (Å²) in [6.07, 6.45) is 6.81. The number of hydrogen-bond donors (Lipinski definition) is 2. The van der Waals surface area contributed by atoms with E-state index in [0.717, 1.165) is 12.8 Å². The lowest BCUT2D eigenvalue weighted by Crippen LogP contribution is -2.07. The first-order valence-electron chi connectivity index (χ1n) is 3.25. The van der Waals surface area contributed by atoms with Gasteiger partial charge in [-0.2, -0.15) is 0 Å². The summed E-state index contributed by atoms with van der Waals surface area (Å²) in [6, 6.07) is 0. The van der Waals surface area contributed by atoms with Gasteiger partial charge in [-0.3, -0.25) is 5.41 Å². The summed E-state index contributed by atoms with van der Waals surface area (Å²) < 4.78 is 0. The molecule has 0 heterocycles. The molecule has 0 unspecified atom stereocenters. The Balaban J connectivity index is 3.09. The van der Waals surface area contributed by atoms with Gasteiger partial charge in [0.2, 0.25) is 0 Å². The second-order valence-electron chi connectivity index (χ2n) is 1.94. The monoisotopic (exact) mass is 126 g/mol. The second-order valence-corrected chi connectivity index (χ2v) is 1.94. The third kappa shape index (κ3) is 7.21. The molecular weight excluding hydrogens is 112 g/mol. The van der Waals surface area contributed by atoms with Gasteiger partial charge in [-0.15, -0.1) is 0 Å². The molecule has 0 atom stereocenters. The van der Waals surface area contributed by atoms with E-state index in [0.29, 0.717) is 6.42 Å². The topological polar surface area (TPSA) is 49.9 Å². The summed E-state index contributed by atoms with van der Waals surface area (Å²) in [5, 5.41) is 6.87. The van der Waals surface area contributed by atoms with Crippen molar-refractivity contribution in [3.05, 3.63) is 12.2 Å². The molecule has 0 aliphatic heterocycles. The molecule has 0 saturated heterocycles. The highest BCUT2D eigenvalue weighted by molar-refractivity contribution is 5.76. The van der Waals surface area contributed by atoms with E-state index in [1.165, 1.54) is 0 Å². The number of hydrogen-bond acceptors (Lipinski definition) is 1. The Morgan fingerprint density at radius 3 is 2.67 bits per heavy atom. The van der Waals surface area contributed by atoms with Gasteiger partial charge in [0, 0.05) is 6.42 Å². The summed E-state index contributed by atoms with van der Waals surface area (Å²) in [7, 11) is 0. The maximum Gasteiger partial charge on any atom is 0.0908 e. The Hall–Kier alpha value is -0.790. The third-order valence-corrected chi connectivity index (χ3v) is 0.983. The van der Waals surface area contributed by atoms with E-state index < -0.39 is 0 Å². The maximum absolute atomic E-state index is 6.87. The van der Waals surface area contributed by atoms with Crippen molar-refractivity contribution in [2.75, 3.05) is 0 Å². The quantitative estimate of drug-likeness (QED) is 0.336. The lowest BCUT2D eigenvalue weighted by molar-refractivity contribution is 1.05. The molecule has 0 rings (SSSR count). The normalized spacial score (nSPS) is 10.3. The van der Waals surface area contributed by atoms with Crippen molar-refractivity contribution in [2.45, 2.75) is 26.2 Å². The zero-order valence-electron chi connectivity index (χ0n) is 5.85. The van der Waals surface area contributed by atoms with Crippen molar-refractivity contribution in [1.82, 2.24) is 0 Å². The second kappa shape index (κ2) is 5.35. The van der Waals surface area contributed by atoms with Crippen LogP contribution in [0.5, 0.6) is 0 Å². The van der Waals surface area contributed by atoms with Crippen molar-refractivity contribution in [2.24, 2.45) is 5.73 Å². The van der Waals surface area contributed by atoms with Gasteiger partial charge in [-0.25, -0.2) is 0 Å². The molecule has 0 amide bonds. The van der Waals surface area contributed by atoms with Gasteiger partial charge in [0.15, 0.2) is 0 Å². The number of allylic oxidation sites excluding steroid dienone is 2. The average Bonchev–Trinajstić information content (AvgIpc) is 1.80. The van der Waals surface area contributed by atoms with Crippen LogP contribution in [-0.2, 0) is 0 Å². The van der Waals surface area contributed by atoms with Crippen molar-refractivity contribution in [3.63, 3.8) is 0 Å². The summed E-state index contributed by atoms with van der Waals surface area (Å²) in [5.41, 5.74) is 5.12. The van der Waals surface area contributed by atoms with Crippen molar-refractivity contribution in [1.29, 1.82) is 5.41 Å². The first kappa shape index (κ1) is 8.21. The lowest BCUT2D eigenvalue weighted by Gasteiger charge is -1.89. The highest BCUT2D eigenvalue weighted by Crippen LogP contribution is 1.90. The van der Waals surface area contributed by atoms with Crippen LogP contribution >= 0.6 is 0 Å². The summed E-state index contributed by atoms with van der Waals surface area (Å²) >= 11 is 0. The van der Waals surface area contributed by atoms with E-state index in [1.54, 1.807) is 0 Å². The fourth-order valence-electron chi connectivity index (χ4n) is 0.523. The fourth-order valence-corrected chi connectivity index (χ4v) is 0.523. The maximum atomic E-state index is 6.87. The standard InChI is InChI=1S/C7H14N2/c1-2-3-4-5-6-7(8)9/h3-4H,2,5-6H2,1H3,(H3,8,9). The first-order valence-corrected chi connectivity index (χ1v) is 3.25. The van der Waals surface area contributed by atoms with Crippen LogP contribution in [0.1, 0.15) is 26.2 Å². The molecule has 0 aliphatic rings. The molecule has 2 heteroatoms. The predicted molar refractivity (Wildman–Crippen MR) is 40.6 cm³/mol. The van der Waals surface area contributed by atoms with E-state index in [1.807, 2.05) is 0 Å². The van der Waals surface area contributed by atoms with E-state index in [-0.39, 0.29) is 5.84 Å². The van der Waals surface area contributed by atoms with Gasteiger partial charge in [0.05, 0.1) is 5.84 Å². The van der Waals surface area contributed by atoms with Crippen LogP contribution in [0.25, 0.3) is 0 Å². The molecule has 0 radical (unpaired) electrons. The summed E-state index contributed by atoms with van der Waals surface area (Å²) in [4.78, 5) is 0. The van der Waals surface area contributed by atoms with Crippen molar-refractivity contribution >= 4 is 5.84 Å². The van der Waals surface area contributed by atoms with Crippen LogP contribution in [0.2, 0.25) is 0 Å². The molecule has 0 aromatic rings. The van der Waals surface area contributed by atoms with Gasteiger partial charge in [-0.1, -0.05) is 19.1 Å². The number of rotatable bonds is 4. The van der Waals surface area contributed by atoms with Crippen LogP contribution in [0.4, 0.5) is 0 Å². The highest BCUT2D eigenvalue weighted by Gasteiger charge is 1.83. The van der Waals surface area contributed by atoms with Crippen molar-refractivity contribution in [3.8, 4) is 0 Å². The lowest BCUT2D eigenvalue weighted by atomic mass is 10.2. The van der Waals surface area contributed by atoms with Gasteiger partial charge in [0.1, 0.15) is 0 Å². The summed E-state index contributed by atoms with van der Waals surface area (Å²) in [6.45, 7) is 2.09. The zero-order valence-corrected chi connectivity index (χ0v) is 5.85. The third-order valence-electron chi connectivity index (χ3n) is 0.983. The molecule has 0 aliphatic carbocycles. The zero-order chi connectivity index (χ0) is 7.11. The molecule has 0 fully saturated rings. The minimum Gasteiger partial charge on any atom is -0.388 e. The predicted octanol–water partition coefficient (Wildman–Crippen LogP) is 1.67. The minimum absolute atomic E-state index is 0.274. The smallest absolute Gasteiger partial charge is 0.0908 e. The van der Waals surface area contributed by atoms with E-state index >= 15 is 0 Å². The molecule has 3 N–H and O–H groups in total. The number of amidine groups is 1. The van der Waals surface area contributed by atoms with Gasteiger partial charge in [0.25, 0.3) is 0 Å². The molecule has 52 valence electrons. The molecule has 0 spiro atoms. The van der Waals surface area contributed by atoms with Gasteiger partial charge in [-0.05, 0) is 12.8 Å². The van der Waals surface area contributed by atoms with Crippen LogP contribution in [0.15, 0.2) is 12.2 Å². The highest BCUT2D eigenvalue weighted by atomic mass is 14.7. The Morgan fingerprint density at radius 1 is 1.56 bits per heavy atom. The van der Waals surface area contributed by atoms with Crippen LogP contribution in [0, 0.1) is 5.41 Å².